The van der Waals surface area contributed by atoms with Crippen LogP contribution >= 0.6 is 11.6 Å². The van der Waals surface area contributed by atoms with Crippen LogP contribution in [0.1, 0.15) is 22.3 Å². The Kier molecular flexibility index (Phi) is 6.21. The van der Waals surface area contributed by atoms with Crippen LogP contribution in [0.15, 0.2) is 53.4 Å². The number of alkyl halides is 3. The molecule has 0 radical (unpaired) electrons. The molecule has 0 aromatic heterocycles. The number of carbonyl (C=O) groups excluding carboxylic acids is 1. The molecular formula is C19H18ClF3N2O3S. The van der Waals surface area contributed by atoms with Crippen molar-refractivity contribution in [3.8, 4) is 0 Å². The van der Waals surface area contributed by atoms with Crippen molar-refractivity contribution in [3.05, 3.63) is 64.7 Å². The number of rotatable bonds is 3. The Hall–Kier alpha value is -2.10. The van der Waals surface area contributed by atoms with Crippen molar-refractivity contribution >= 4 is 27.5 Å². The molecule has 3 rings (SSSR count). The number of hydrogen-bond acceptors (Lipinski definition) is 3. The van der Waals surface area contributed by atoms with E-state index in [1.807, 2.05) is 0 Å². The predicted molar refractivity (Wildman–Crippen MR) is 102 cm³/mol. The van der Waals surface area contributed by atoms with Gasteiger partial charge in [-0.3, -0.25) is 4.79 Å². The van der Waals surface area contributed by atoms with Gasteiger partial charge >= 0.3 is 6.18 Å². The van der Waals surface area contributed by atoms with Gasteiger partial charge in [-0.2, -0.15) is 17.5 Å². The highest BCUT2D eigenvalue weighted by Crippen LogP contribution is 2.36. The molecule has 1 amide bonds. The van der Waals surface area contributed by atoms with Gasteiger partial charge < -0.3 is 4.90 Å². The lowest BCUT2D eigenvalue weighted by Crippen LogP contribution is -2.37. The van der Waals surface area contributed by atoms with Gasteiger partial charge in [0.15, 0.2) is 0 Å². The first-order chi connectivity index (χ1) is 13.6. The molecule has 2 aromatic carbocycles. The summed E-state index contributed by atoms with van der Waals surface area (Å²) >= 11 is 5.58. The second-order valence-electron chi connectivity index (χ2n) is 6.56. The molecule has 1 fully saturated rings. The van der Waals surface area contributed by atoms with Gasteiger partial charge in [-0.25, -0.2) is 8.42 Å². The monoisotopic (exact) mass is 446 g/mol. The Morgan fingerprint density at radius 1 is 0.966 bits per heavy atom. The third kappa shape index (κ3) is 4.73. The number of benzene rings is 2. The number of amides is 1. The Morgan fingerprint density at radius 3 is 2.31 bits per heavy atom. The Balaban J connectivity index is 1.80. The molecule has 0 saturated carbocycles. The standard InChI is InChI=1S/C19H18ClF3N2O3S/c20-17-8-7-15(13-16(17)19(21,22)23)29(27,28)25-10-4-9-24(11-12-25)18(26)14-5-2-1-3-6-14/h1-3,5-8,13H,4,9-12H2. The number of nitrogens with zero attached hydrogens (tertiary/aromatic N) is 2. The van der Waals surface area contributed by atoms with Gasteiger partial charge in [-0.05, 0) is 36.8 Å². The van der Waals surface area contributed by atoms with Crippen LogP contribution in [0.5, 0.6) is 0 Å². The average molecular weight is 447 g/mol. The molecule has 10 heteroatoms. The van der Waals surface area contributed by atoms with E-state index in [1.54, 1.807) is 35.2 Å². The lowest BCUT2D eigenvalue weighted by molar-refractivity contribution is -0.137. The highest BCUT2D eigenvalue weighted by atomic mass is 35.5. The third-order valence-corrected chi connectivity index (χ3v) is 6.87. The molecule has 0 atom stereocenters. The van der Waals surface area contributed by atoms with Crippen molar-refractivity contribution in [2.75, 3.05) is 26.2 Å². The zero-order chi connectivity index (χ0) is 21.2. The van der Waals surface area contributed by atoms with Crippen LogP contribution < -0.4 is 0 Å². The maximum absolute atomic E-state index is 13.1. The molecule has 156 valence electrons. The highest BCUT2D eigenvalue weighted by Gasteiger charge is 2.36. The smallest absolute Gasteiger partial charge is 0.337 e. The van der Waals surface area contributed by atoms with Crippen LogP contribution in [0.4, 0.5) is 13.2 Å². The molecule has 1 aliphatic rings. The molecule has 0 N–H and O–H groups in total. The molecule has 1 saturated heterocycles. The summed E-state index contributed by atoms with van der Waals surface area (Å²) in [5.74, 6) is -0.212. The second kappa shape index (κ2) is 8.33. The predicted octanol–water partition coefficient (Wildman–Crippen LogP) is 3.90. The van der Waals surface area contributed by atoms with E-state index in [1.165, 1.54) is 0 Å². The minimum Gasteiger partial charge on any atom is -0.337 e. The molecule has 2 aromatic rings. The van der Waals surface area contributed by atoms with Crippen molar-refractivity contribution in [1.29, 1.82) is 0 Å². The van der Waals surface area contributed by atoms with E-state index in [9.17, 15) is 26.4 Å². The molecule has 5 nitrogen and oxygen atoms in total. The van der Waals surface area contributed by atoms with E-state index in [4.69, 9.17) is 11.6 Å². The average Bonchev–Trinajstić information content (AvgIpc) is 2.94. The fourth-order valence-electron chi connectivity index (χ4n) is 3.13. The van der Waals surface area contributed by atoms with Crippen molar-refractivity contribution in [2.24, 2.45) is 0 Å². The highest BCUT2D eigenvalue weighted by molar-refractivity contribution is 7.89. The molecular weight excluding hydrogens is 429 g/mol. The fourth-order valence-corrected chi connectivity index (χ4v) is 4.85. The Labute approximate surface area is 171 Å². The summed E-state index contributed by atoms with van der Waals surface area (Å²) in [4.78, 5) is 13.7. The topological polar surface area (TPSA) is 57.7 Å². The Morgan fingerprint density at radius 2 is 1.66 bits per heavy atom. The van der Waals surface area contributed by atoms with Gasteiger partial charge in [0, 0.05) is 31.7 Å². The van der Waals surface area contributed by atoms with Gasteiger partial charge in [-0.15, -0.1) is 0 Å². The number of hydrogen-bond donors (Lipinski definition) is 0. The van der Waals surface area contributed by atoms with Gasteiger partial charge in [0.05, 0.1) is 15.5 Å². The summed E-state index contributed by atoms with van der Waals surface area (Å²) in [6.07, 6.45) is -4.39. The molecule has 0 bridgehead atoms. The molecule has 0 unspecified atom stereocenters. The maximum atomic E-state index is 13.1. The van der Waals surface area contributed by atoms with Gasteiger partial charge in [0.25, 0.3) is 5.91 Å². The number of carbonyl (C=O) groups is 1. The van der Waals surface area contributed by atoms with E-state index in [-0.39, 0.29) is 25.5 Å². The minimum atomic E-state index is -4.76. The van der Waals surface area contributed by atoms with Crippen LogP contribution in [-0.2, 0) is 16.2 Å². The van der Waals surface area contributed by atoms with Crippen LogP contribution in [0.3, 0.4) is 0 Å². The van der Waals surface area contributed by atoms with E-state index in [0.29, 0.717) is 24.6 Å². The lowest BCUT2D eigenvalue weighted by atomic mass is 10.2. The molecule has 1 heterocycles. The summed E-state index contributed by atoms with van der Waals surface area (Å²) in [7, 11) is -4.16. The summed E-state index contributed by atoms with van der Waals surface area (Å²) < 4.78 is 66.1. The molecule has 29 heavy (non-hydrogen) atoms. The van der Waals surface area contributed by atoms with Crippen LogP contribution in [0.2, 0.25) is 5.02 Å². The van der Waals surface area contributed by atoms with Gasteiger partial charge in [0.1, 0.15) is 0 Å². The van der Waals surface area contributed by atoms with Crippen LogP contribution in [-0.4, -0.2) is 49.7 Å². The normalized spacial score (nSPS) is 16.5. The minimum absolute atomic E-state index is 0.00904. The van der Waals surface area contributed by atoms with E-state index < -0.39 is 31.7 Å². The summed E-state index contributed by atoms with van der Waals surface area (Å²) in [6, 6.07) is 11.2. The fraction of sp³-hybridized carbons (Fsp3) is 0.316. The van der Waals surface area contributed by atoms with Gasteiger partial charge in [0.2, 0.25) is 10.0 Å². The first kappa shape index (κ1) is 21.6. The maximum Gasteiger partial charge on any atom is 0.417 e. The van der Waals surface area contributed by atoms with Crippen LogP contribution in [0.25, 0.3) is 0 Å². The largest absolute Gasteiger partial charge is 0.417 e. The van der Waals surface area contributed by atoms with Gasteiger partial charge in [-0.1, -0.05) is 29.8 Å². The number of halogens is 4. The zero-order valence-corrected chi connectivity index (χ0v) is 16.8. The first-order valence-electron chi connectivity index (χ1n) is 8.82. The van der Waals surface area contributed by atoms with E-state index >= 15 is 0 Å². The quantitative estimate of drug-likeness (QED) is 0.718. The molecule has 0 spiro atoms. The zero-order valence-electron chi connectivity index (χ0n) is 15.2. The SMILES string of the molecule is O=C(c1ccccc1)N1CCCN(S(=O)(=O)c2ccc(Cl)c(C(F)(F)F)c2)CC1. The van der Waals surface area contributed by atoms with E-state index in [0.717, 1.165) is 16.4 Å². The van der Waals surface area contributed by atoms with Crippen molar-refractivity contribution < 1.29 is 26.4 Å². The van der Waals surface area contributed by atoms with Crippen molar-refractivity contribution in [1.82, 2.24) is 9.21 Å². The van der Waals surface area contributed by atoms with E-state index in [2.05, 4.69) is 0 Å². The summed E-state index contributed by atoms with van der Waals surface area (Å²) in [5, 5.41) is -0.563. The third-order valence-electron chi connectivity index (χ3n) is 4.64. The van der Waals surface area contributed by atoms with Crippen molar-refractivity contribution in [3.63, 3.8) is 0 Å². The molecule has 0 aliphatic carbocycles. The lowest BCUT2D eigenvalue weighted by Gasteiger charge is -2.22. The first-order valence-corrected chi connectivity index (χ1v) is 10.6. The number of sulfonamides is 1. The second-order valence-corrected chi connectivity index (χ2v) is 8.90. The van der Waals surface area contributed by atoms with Crippen molar-refractivity contribution in [2.45, 2.75) is 17.5 Å². The molecule has 1 aliphatic heterocycles. The summed E-state index contributed by atoms with van der Waals surface area (Å²) in [6.45, 7) is 0.594. The summed E-state index contributed by atoms with van der Waals surface area (Å²) in [5.41, 5.74) is -0.702. The Bertz CT molecular complexity index is 998. The van der Waals surface area contributed by atoms with Crippen LogP contribution in [0, 0.1) is 0 Å².